The standard InChI is InChI=1S/C31H36FN5O6S/c1-31(2,3)43-30(39)35-14-11-20(12-15-35)13-16-36-19-34-26-9-7-22(17-23(26)29(36)38)42-28-24(18-33)27(10-8-25(28)32)37(44(40)41)21-5-4-6-21/h7-10,17,19-21,44H,4-6,11-16H2,1-3H3. The predicted octanol–water partition coefficient (Wildman–Crippen LogP) is 5.12. The quantitative estimate of drug-likeness (QED) is 0.341. The highest BCUT2D eigenvalue weighted by molar-refractivity contribution is 7.74. The number of fused-ring (bicyclic) bond motifs is 1. The normalized spacial score (nSPS) is 16.0. The molecule has 234 valence electrons. The number of anilines is 1. The Balaban J connectivity index is 1.32. The maximum Gasteiger partial charge on any atom is 0.410 e. The third-order valence-corrected chi connectivity index (χ3v) is 9.00. The third-order valence-electron chi connectivity index (χ3n) is 8.10. The van der Waals surface area contributed by atoms with Crippen LogP contribution in [0.2, 0.25) is 0 Å². The summed E-state index contributed by atoms with van der Waals surface area (Å²) in [6.07, 6.45) is 5.69. The fourth-order valence-corrected chi connectivity index (χ4v) is 6.37. The first kappa shape index (κ1) is 31.3. The number of hydrogen-bond donors (Lipinski definition) is 1. The van der Waals surface area contributed by atoms with E-state index in [4.69, 9.17) is 9.47 Å². The van der Waals surface area contributed by atoms with Crippen LogP contribution in [0, 0.1) is 23.1 Å². The highest BCUT2D eigenvalue weighted by atomic mass is 32.2. The summed E-state index contributed by atoms with van der Waals surface area (Å²) in [4.78, 5) is 31.9. The van der Waals surface area contributed by atoms with Crippen molar-refractivity contribution in [2.45, 2.75) is 77.5 Å². The predicted molar refractivity (Wildman–Crippen MR) is 163 cm³/mol. The fraction of sp³-hybridized carbons (Fsp3) is 0.484. The van der Waals surface area contributed by atoms with E-state index in [2.05, 4.69) is 4.98 Å². The molecule has 0 atom stereocenters. The number of piperidine rings is 1. The van der Waals surface area contributed by atoms with E-state index in [-0.39, 0.29) is 40.1 Å². The van der Waals surface area contributed by atoms with Crippen molar-refractivity contribution in [3.8, 4) is 17.6 Å². The average Bonchev–Trinajstić information content (AvgIpc) is 2.95. The number of carbonyl (C=O) groups excluding carboxylic acids is 1. The molecule has 1 aliphatic carbocycles. The molecule has 11 nitrogen and oxygen atoms in total. The second-order valence-electron chi connectivity index (χ2n) is 12.3. The zero-order chi connectivity index (χ0) is 31.6. The van der Waals surface area contributed by atoms with Crippen molar-refractivity contribution in [2.24, 2.45) is 5.92 Å². The number of rotatable bonds is 8. The monoisotopic (exact) mass is 625 g/mol. The molecule has 0 spiro atoms. The van der Waals surface area contributed by atoms with Gasteiger partial charge in [0.15, 0.2) is 11.6 Å². The van der Waals surface area contributed by atoms with Gasteiger partial charge in [0.25, 0.3) is 5.56 Å². The van der Waals surface area contributed by atoms with Gasteiger partial charge in [-0.2, -0.15) is 5.26 Å². The van der Waals surface area contributed by atoms with E-state index in [0.29, 0.717) is 43.9 Å². The van der Waals surface area contributed by atoms with Crippen molar-refractivity contribution in [2.75, 3.05) is 17.4 Å². The van der Waals surface area contributed by atoms with E-state index < -0.39 is 28.1 Å². The summed E-state index contributed by atoms with van der Waals surface area (Å²) in [6, 6.07) is 8.51. The van der Waals surface area contributed by atoms with Crippen LogP contribution in [0.4, 0.5) is 14.9 Å². The number of hydrogen-bond acceptors (Lipinski definition) is 8. The van der Waals surface area contributed by atoms with Crippen LogP contribution in [0.1, 0.15) is 64.9 Å². The summed E-state index contributed by atoms with van der Waals surface area (Å²) in [5, 5.41) is 10.2. The van der Waals surface area contributed by atoms with E-state index in [1.165, 1.54) is 29.1 Å². The van der Waals surface area contributed by atoms with Crippen LogP contribution in [0.3, 0.4) is 0 Å². The molecule has 1 saturated carbocycles. The first-order valence-electron chi connectivity index (χ1n) is 14.8. The summed E-state index contributed by atoms with van der Waals surface area (Å²) >= 11 is 0. The molecule has 1 aromatic heterocycles. The van der Waals surface area contributed by atoms with Gasteiger partial charge in [-0.25, -0.2) is 22.6 Å². The van der Waals surface area contributed by atoms with Crippen molar-refractivity contribution in [3.05, 3.63) is 58.4 Å². The first-order chi connectivity index (χ1) is 20.9. The maximum atomic E-state index is 15.0. The highest BCUT2D eigenvalue weighted by Gasteiger charge is 2.31. The molecule has 1 amide bonds. The Labute approximate surface area is 256 Å². The molecule has 13 heteroatoms. The summed E-state index contributed by atoms with van der Waals surface area (Å²) in [5.41, 5.74) is -0.585. The smallest absolute Gasteiger partial charge is 0.410 e. The van der Waals surface area contributed by atoms with Crippen LogP contribution in [0.15, 0.2) is 41.5 Å². The van der Waals surface area contributed by atoms with Gasteiger partial charge in [0.2, 0.25) is 10.9 Å². The Hall–Kier alpha value is -4.18. The maximum absolute atomic E-state index is 15.0. The number of benzene rings is 2. The minimum absolute atomic E-state index is 0.0615. The van der Waals surface area contributed by atoms with Gasteiger partial charge in [0.05, 0.1) is 22.9 Å². The Bertz CT molecular complexity index is 1720. The number of halogens is 1. The van der Waals surface area contributed by atoms with Crippen LogP contribution in [-0.4, -0.2) is 53.7 Å². The van der Waals surface area contributed by atoms with Crippen LogP contribution in [0.25, 0.3) is 10.9 Å². The number of aryl methyl sites for hydroxylation is 1. The minimum Gasteiger partial charge on any atom is -0.453 e. The molecule has 1 aliphatic heterocycles. The van der Waals surface area contributed by atoms with Gasteiger partial charge in [0, 0.05) is 25.7 Å². The Morgan fingerprint density at radius 1 is 1.16 bits per heavy atom. The molecule has 2 fully saturated rings. The number of nitriles is 1. The molecule has 2 aliphatic rings. The van der Waals surface area contributed by atoms with Crippen LogP contribution in [0.5, 0.6) is 11.5 Å². The van der Waals surface area contributed by atoms with Gasteiger partial charge < -0.3 is 14.4 Å². The van der Waals surface area contributed by atoms with E-state index >= 15 is 0 Å². The molecular weight excluding hydrogens is 589 g/mol. The van der Waals surface area contributed by atoms with Gasteiger partial charge in [-0.15, -0.1) is 0 Å². The molecule has 5 rings (SSSR count). The van der Waals surface area contributed by atoms with E-state index in [1.54, 1.807) is 11.0 Å². The third kappa shape index (κ3) is 6.80. The number of amides is 1. The van der Waals surface area contributed by atoms with Crippen molar-refractivity contribution in [1.29, 1.82) is 5.26 Å². The second-order valence-corrected chi connectivity index (χ2v) is 13.2. The summed E-state index contributed by atoms with van der Waals surface area (Å²) in [6.45, 7) is 7.14. The highest BCUT2D eigenvalue weighted by Crippen LogP contribution is 2.38. The molecule has 3 aromatic rings. The van der Waals surface area contributed by atoms with Crippen LogP contribution < -0.4 is 14.6 Å². The van der Waals surface area contributed by atoms with Gasteiger partial charge in [0.1, 0.15) is 23.0 Å². The Morgan fingerprint density at radius 3 is 2.50 bits per heavy atom. The molecule has 0 N–H and O–H groups in total. The molecule has 0 bridgehead atoms. The van der Waals surface area contributed by atoms with E-state index in [9.17, 15) is 27.7 Å². The molecular formula is C31H36FN5O6S. The largest absolute Gasteiger partial charge is 0.453 e. The van der Waals surface area contributed by atoms with Crippen molar-refractivity contribution in [1.82, 2.24) is 14.5 Å². The zero-order valence-electron chi connectivity index (χ0n) is 25.0. The summed E-state index contributed by atoms with van der Waals surface area (Å²) < 4.78 is 53.1. The molecule has 2 heterocycles. The van der Waals surface area contributed by atoms with Crippen LogP contribution in [-0.2, 0) is 22.2 Å². The van der Waals surface area contributed by atoms with E-state index in [0.717, 1.165) is 36.1 Å². The van der Waals surface area contributed by atoms with Crippen LogP contribution >= 0.6 is 0 Å². The molecule has 1 saturated heterocycles. The minimum atomic E-state index is -3.06. The molecule has 2 aromatic carbocycles. The summed E-state index contributed by atoms with van der Waals surface area (Å²) in [7, 11) is -3.06. The number of likely N-dealkylation sites (tertiary alicyclic amines) is 1. The average molecular weight is 626 g/mol. The first-order valence-corrected chi connectivity index (χ1v) is 15.9. The van der Waals surface area contributed by atoms with Gasteiger partial charge >= 0.3 is 6.09 Å². The Morgan fingerprint density at radius 2 is 1.89 bits per heavy atom. The molecule has 0 unspecified atom stereocenters. The lowest BCUT2D eigenvalue weighted by molar-refractivity contribution is 0.0179. The van der Waals surface area contributed by atoms with E-state index in [1.807, 2.05) is 26.8 Å². The number of nitrogens with zero attached hydrogens (tertiary/aromatic N) is 5. The topological polar surface area (TPSA) is 135 Å². The SMILES string of the molecule is CC(C)(C)OC(=O)N1CCC(CCn2cnc3ccc(Oc4c(F)ccc(N(C5CCC5)[SH](=O)=O)c4C#N)cc3c2=O)CC1. The van der Waals surface area contributed by atoms with Gasteiger partial charge in [-0.1, -0.05) is 0 Å². The lowest BCUT2D eigenvalue weighted by Gasteiger charge is -2.35. The van der Waals surface area contributed by atoms with Crippen molar-refractivity contribution < 1.29 is 27.1 Å². The summed E-state index contributed by atoms with van der Waals surface area (Å²) in [5.74, 6) is -0.804. The molecule has 44 heavy (non-hydrogen) atoms. The van der Waals surface area contributed by atoms with Crippen molar-refractivity contribution in [3.63, 3.8) is 0 Å². The second kappa shape index (κ2) is 12.8. The number of ether oxygens (including phenoxy) is 2. The van der Waals surface area contributed by atoms with Gasteiger partial charge in [-0.05, 0) is 95.5 Å². The number of carbonyl (C=O) groups is 1. The number of aromatic nitrogens is 2. The Kier molecular flexibility index (Phi) is 9.10. The van der Waals surface area contributed by atoms with Gasteiger partial charge in [-0.3, -0.25) is 13.7 Å². The zero-order valence-corrected chi connectivity index (χ0v) is 25.9. The van der Waals surface area contributed by atoms with Crippen molar-refractivity contribution >= 4 is 33.6 Å². The molecule has 0 radical (unpaired) electrons. The fourth-order valence-electron chi connectivity index (χ4n) is 5.53. The lowest BCUT2D eigenvalue weighted by Crippen LogP contribution is -2.41. The number of thiol groups is 1. The lowest BCUT2D eigenvalue weighted by atomic mass is 9.92.